The molecule has 0 spiro atoms. The third-order valence-corrected chi connectivity index (χ3v) is 2.98. The van der Waals surface area contributed by atoms with Crippen molar-refractivity contribution >= 4 is 11.9 Å². The molecule has 156 valence electrons. The van der Waals surface area contributed by atoms with Gasteiger partial charge in [0.1, 0.15) is 36.6 Å². The average Bonchev–Trinajstić information content (AvgIpc) is 2.62. The number of hydrogen-bond donors (Lipinski definition) is 10. The second-order valence-electron chi connectivity index (χ2n) is 4.98. The molecule has 0 aliphatic rings. The van der Waals surface area contributed by atoms with Gasteiger partial charge in [0.05, 0.1) is 25.3 Å². The number of carbonyl (C=O) groups is 2. The van der Waals surface area contributed by atoms with Gasteiger partial charge in [-0.1, -0.05) is 0 Å². The van der Waals surface area contributed by atoms with Crippen LogP contribution in [0.4, 0.5) is 0 Å². The molecule has 0 radical (unpaired) electrons. The summed E-state index contributed by atoms with van der Waals surface area (Å²) in [6, 6.07) is 0. The van der Waals surface area contributed by atoms with Crippen LogP contribution in [0.2, 0.25) is 0 Å². The van der Waals surface area contributed by atoms with E-state index in [1.807, 2.05) is 0 Å². The number of aliphatic carboxylic acids is 2. The number of rotatable bonds is 10. The first kappa shape index (κ1) is 30.9. The smallest absolute Gasteiger partial charge is 0.842 e. The second-order valence-corrected chi connectivity index (χ2v) is 4.98. The van der Waals surface area contributed by atoms with E-state index in [0.717, 1.165) is 0 Å². The van der Waals surface area contributed by atoms with Crippen molar-refractivity contribution in [2.24, 2.45) is 0 Å². The van der Waals surface area contributed by atoms with E-state index in [4.69, 9.17) is 51.1 Å². The Morgan fingerprint density at radius 3 is 1.33 bits per heavy atom. The first-order valence-corrected chi connectivity index (χ1v) is 6.91. The van der Waals surface area contributed by atoms with Crippen LogP contribution in [0, 0.1) is 0 Å². The molecular formula is C12H22O14Zn. The molecule has 0 aliphatic carbocycles. The minimum atomic E-state index is -2.45. The summed E-state index contributed by atoms with van der Waals surface area (Å²) in [5.41, 5.74) is 0. The van der Waals surface area contributed by atoms with Gasteiger partial charge in [-0.15, -0.1) is 0 Å². The van der Waals surface area contributed by atoms with E-state index in [1.54, 1.807) is 0 Å². The van der Waals surface area contributed by atoms with Crippen molar-refractivity contribution in [1.82, 2.24) is 0 Å². The van der Waals surface area contributed by atoms with E-state index in [1.165, 1.54) is 0 Å². The minimum Gasteiger partial charge on any atom is -0.842 e. The Kier molecular flexibility index (Phi) is 17.3. The zero-order valence-corrected chi connectivity index (χ0v) is 16.8. The molecule has 0 fully saturated rings. The van der Waals surface area contributed by atoms with Gasteiger partial charge >= 0.3 is 19.5 Å². The normalized spacial score (nSPS) is 19.6. The van der Waals surface area contributed by atoms with Gasteiger partial charge in [0.15, 0.2) is 0 Å². The topological polar surface area (TPSA) is 283 Å². The molecule has 8 atom stereocenters. The van der Waals surface area contributed by atoms with E-state index in [2.05, 4.69) is 0 Å². The van der Waals surface area contributed by atoms with Gasteiger partial charge in [-0.3, -0.25) is 4.79 Å². The minimum absolute atomic E-state index is 0. The Morgan fingerprint density at radius 1 is 0.741 bits per heavy atom. The molecule has 27 heavy (non-hydrogen) atoms. The summed E-state index contributed by atoms with van der Waals surface area (Å²) in [5, 5.41) is 107. The van der Waals surface area contributed by atoms with E-state index in [-0.39, 0.29) is 19.5 Å². The number of hydrogen-bond acceptors (Lipinski definition) is 13. The van der Waals surface area contributed by atoms with Crippen LogP contribution in [-0.2, 0) is 29.1 Å². The predicted molar refractivity (Wildman–Crippen MR) is 72.7 cm³/mol. The fourth-order valence-electron chi connectivity index (χ4n) is 1.32. The van der Waals surface area contributed by atoms with Gasteiger partial charge in [0, 0.05) is 6.10 Å². The molecule has 15 heteroatoms. The Balaban J connectivity index is -0.000000411. The second kappa shape index (κ2) is 15.1. The van der Waals surface area contributed by atoms with Gasteiger partial charge in [-0.2, -0.15) is 0 Å². The van der Waals surface area contributed by atoms with Crippen molar-refractivity contribution in [3.8, 4) is 0 Å². The summed E-state index contributed by atoms with van der Waals surface area (Å²) < 4.78 is 0. The molecule has 0 heterocycles. The molecule has 0 aliphatic heterocycles. The molecule has 0 bridgehead atoms. The van der Waals surface area contributed by atoms with E-state index >= 15 is 0 Å². The Morgan fingerprint density at radius 2 is 1.07 bits per heavy atom. The van der Waals surface area contributed by atoms with Gasteiger partial charge in [0.2, 0.25) is 0 Å². The van der Waals surface area contributed by atoms with Gasteiger partial charge in [-0.25, -0.2) is 0 Å². The maximum Gasteiger partial charge on any atom is 2.00 e. The molecule has 0 rings (SSSR count). The number of carboxylic acids is 2. The van der Waals surface area contributed by atoms with Crippen LogP contribution in [0.3, 0.4) is 0 Å². The van der Waals surface area contributed by atoms with Crippen LogP contribution in [0.15, 0.2) is 0 Å². The van der Waals surface area contributed by atoms with Crippen LogP contribution >= 0.6 is 0 Å². The van der Waals surface area contributed by atoms with Crippen molar-refractivity contribution in [3.05, 3.63) is 0 Å². The summed E-state index contributed by atoms with van der Waals surface area (Å²) in [7, 11) is 0. The maximum atomic E-state index is 10.6. The summed E-state index contributed by atoms with van der Waals surface area (Å²) >= 11 is 0. The SMILES string of the molecule is O=C(O)C([O-])C(O)C(O)C(O)CO.O=C([O-])C(O)C(O)C(O)C(O)CO.[Zn+2]. The summed E-state index contributed by atoms with van der Waals surface area (Å²) in [6.45, 7) is -1.73. The first-order valence-electron chi connectivity index (χ1n) is 6.91. The molecular weight excluding hydrogens is 434 g/mol. The Hall–Kier alpha value is -0.837. The number of carboxylic acid groups (broad SMARTS) is 2. The quantitative estimate of drug-likeness (QED) is 0.137. The van der Waals surface area contributed by atoms with Gasteiger partial charge in [-0.05, 0) is 0 Å². The van der Waals surface area contributed by atoms with E-state index in [9.17, 15) is 19.8 Å². The van der Waals surface area contributed by atoms with Gasteiger partial charge < -0.3 is 66.1 Å². The van der Waals surface area contributed by atoms with Crippen LogP contribution in [0.25, 0.3) is 0 Å². The van der Waals surface area contributed by atoms with Crippen LogP contribution in [0.1, 0.15) is 0 Å². The third-order valence-electron chi connectivity index (χ3n) is 2.98. The molecule has 0 aromatic heterocycles. The Labute approximate surface area is 164 Å². The van der Waals surface area contributed by atoms with Crippen molar-refractivity contribution < 1.29 is 90.3 Å². The third kappa shape index (κ3) is 10.9. The fraction of sp³-hybridized carbons (Fsp3) is 0.833. The van der Waals surface area contributed by atoms with Crippen molar-refractivity contribution in [3.63, 3.8) is 0 Å². The predicted octanol–water partition coefficient (Wildman–Crippen LogP) is -8.96. The van der Waals surface area contributed by atoms with E-state index < -0.39 is 74.0 Å². The Bertz CT molecular complexity index is 385. The molecule has 0 aromatic carbocycles. The fourth-order valence-corrected chi connectivity index (χ4v) is 1.32. The molecule has 8 unspecified atom stereocenters. The molecule has 0 saturated carbocycles. The maximum absolute atomic E-state index is 10.6. The van der Waals surface area contributed by atoms with Crippen LogP contribution in [0.5, 0.6) is 0 Å². The molecule has 14 nitrogen and oxygen atoms in total. The van der Waals surface area contributed by atoms with Crippen molar-refractivity contribution in [2.45, 2.75) is 48.8 Å². The average molecular weight is 456 g/mol. The first-order chi connectivity index (χ1) is 11.8. The van der Waals surface area contributed by atoms with Crippen molar-refractivity contribution in [1.29, 1.82) is 0 Å². The molecule has 0 aromatic rings. The van der Waals surface area contributed by atoms with E-state index in [0.29, 0.717) is 0 Å². The summed E-state index contributed by atoms with van der Waals surface area (Å²) in [4.78, 5) is 20.0. The van der Waals surface area contributed by atoms with Gasteiger partial charge in [0.25, 0.3) is 5.97 Å². The number of carbonyl (C=O) groups excluding carboxylic acids is 1. The standard InChI is InChI=1S/C6H12O7.C6H11O7.Zn/c2*7-1-2(8)3(9)4(10)5(11)6(12)13;/h2-5,7-11H,1H2,(H,12,13);2-5,7-10H,1H2,(H,12,13);/q;-1;+2/p-1. The monoisotopic (exact) mass is 454 g/mol. The largest absolute Gasteiger partial charge is 2.00 e. The number of aliphatic hydroxyl groups excluding tert-OH is 9. The van der Waals surface area contributed by atoms with Crippen LogP contribution < -0.4 is 10.2 Å². The summed E-state index contributed by atoms with van der Waals surface area (Å²) in [5.74, 6) is -3.81. The molecule has 0 amide bonds. The zero-order chi connectivity index (χ0) is 21.2. The zero-order valence-electron chi connectivity index (χ0n) is 13.8. The van der Waals surface area contributed by atoms with Crippen molar-refractivity contribution in [2.75, 3.05) is 13.2 Å². The molecule has 0 saturated heterocycles. The molecule has 10 N–H and O–H groups in total. The summed E-state index contributed by atoms with van der Waals surface area (Å²) in [6.07, 6.45) is -16.4. The van der Waals surface area contributed by atoms with Crippen LogP contribution in [-0.4, -0.2) is 125 Å². The number of aliphatic hydroxyl groups is 9.